The number of hydrogen-bond acceptors (Lipinski definition) is 3. The lowest BCUT2D eigenvalue weighted by atomic mass is 10.1. The van der Waals surface area contributed by atoms with Crippen molar-refractivity contribution >= 4 is 12.2 Å². The lowest BCUT2D eigenvalue weighted by Crippen LogP contribution is -2.00. The van der Waals surface area contributed by atoms with E-state index in [4.69, 9.17) is 16.6 Å². The van der Waals surface area contributed by atoms with Gasteiger partial charge in [-0.15, -0.1) is 0 Å². The summed E-state index contributed by atoms with van der Waals surface area (Å²) in [6.45, 7) is 4.35. The molecule has 0 saturated carbocycles. The molecule has 16 heavy (non-hydrogen) atoms. The third-order valence-corrected chi connectivity index (χ3v) is 2.43. The maximum Gasteiger partial charge on any atom is 0.142 e. The van der Waals surface area contributed by atoms with Gasteiger partial charge >= 0.3 is 0 Å². The predicted molar refractivity (Wildman–Crippen MR) is 65.7 cm³/mol. The molecule has 0 bridgehead atoms. The Morgan fingerprint density at radius 1 is 1.50 bits per heavy atom. The van der Waals surface area contributed by atoms with Gasteiger partial charge in [0, 0.05) is 5.69 Å². The molecule has 2 aromatic heterocycles. The second-order valence-electron chi connectivity index (χ2n) is 4.20. The number of nitrogens with zero attached hydrogens (tertiary/aromatic N) is 1. The van der Waals surface area contributed by atoms with Crippen molar-refractivity contribution in [2.24, 2.45) is 5.92 Å². The van der Waals surface area contributed by atoms with Crippen LogP contribution in [0.2, 0.25) is 0 Å². The number of nitrogens with one attached hydrogen (secondary N) is 1. The number of aromatic amines is 1. The van der Waals surface area contributed by atoms with Gasteiger partial charge in [-0.25, -0.2) is 4.98 Å². The lowest BCUT2D eigenvalue weighted by Gasteiger charge is -2.06. The van der Waals surface area contributed by atoms with Gasteiger partial charge in [0.15, 0.2) is 0 Å². The van der Waals surface area contributed by atoms with Crippen LogP contribution < -0.4 is 0 Å². The van der Waals surface area contributed by atoms with Crippen LogP contribution in [0.4, 0.5) is 0 Å². The van der Waals surface area contributed by atoms with E-state index in [-0.39, 0.29) is 0 Å². The molecule has 0 unspecified atom stereocenters. The summed E-state index contributed by atoms with van der Waals surface area (Å²) in [4.78, 5) is 7.56. The first-order chi connectivity index (χ1) is 7.65. The molecule has 2 rings (SSSR count). The average molecular weight is 234 g/mol. The van der Waals surface area contributed by atoms with Crippen molar-refractivity contribution in [2.45, 2.75) is 20.3 Å². The van der Waals surface area contributed by atoms with Gasteiger partial charge in [-0.05, 0) is 24.5 Å². The molecule has 2 aromatic rings. The van der Waals surface area contributed by atoms with Crippen molar-refractivity contribution in [1.29, 1.82) is 0 Å². The molecule has 2 heterocycles. The van der Waals surface area contributed by atoms with Crippen LogP contribution >= 0.6 is 12.2 Å². The monoisotopic (exact) mass is 234 g/mol. The average Bonchev–Trinajstić information content (AvgIpc) is 2.67. The van der Waals surface area contributed by atoms with Crippen LogP contribution in [0.3, 0.4) is 0 Å². The molecule has 0 aromatic carbocycles. The lowest BCUT2D eigenvalue weighted by molar-refractivity contribution is 0.568. The molecule has 0 aliphatic carbocycles. The van der Waals surface area contributed by atoms with E-state index in [0.717, 1.165) is 23.5 Å². The second-order valence-corrected chi connectivity index (χ2v) is 4.62. The van der Waals surface area contributed by atoms with Crippen molar-refractivity contribution in [3.63, 3.8) is 0 Å². The Hall–Kier alpha value is -1.42. The first-order valence-electron chi connectivity index (χ1n) is 5.28. The fourth-order valence-electron chi connectivity index (χ4n) is 1.59. The molecule has 0 saturated heterocycles. The highest BCUT2D eigenvalue weighted by atomic mass is 32.1. The molecule has 0 amide bonds. The fraction of sp³-hybridized carbons (Fsp3) is 0.333. The number of H-pyrrole nitrogens is 1. The summed E-state index contributed by atoms with van der Waals surface area (Å²) in [5, 5.41) is 0. The highest BCUT2D eigenvalue weighted by Crippen LogP contribution is 2.16. The smallest absolute Gasteiger partial charge is 0.142 e. The van der Waals surface area contributed by atoms with Crippen LogP contribution in [0.5, 0.6) is 0 Å². The Morgan fingerprint density at radius 2 is 2.31 bits per heavy atom. The van der Waals surface area contributed by atoms with Gasteiger partial charge in [-0.2, -0.15) is 0 Å². The zero-order chi connectivity index (χ0) is 11.5. The minimum Gasteiger partial charge on any atom is -0.472 e. The molecule has 0 aliphatic rings. The van der Waals surface area contributed by atoms with Crippen LogP contribution in [0.15, 0.2) is 29.1 Å². The number of rotatable bonds is 3. The van der Waals surface area contributed by atoms with Gasteiger partial charge in [-0.1, -0.05) is 26.1 Å². The molecular weight excluding hydrogens is 220 g/mol. The highest BCUT2D eigenvalue weighted by molar-refractivity contribution is 7.71. The second kappa shape index (κ2) is 4.61. The minimum atomic E-state index is 0.588. The van der Waals surface area contributed by atoms with Crippen LogP contribution in [-0.2, 0) is 6.42 Å². The van der Waals surface area contributed by atoms with Crippen molar-refractivity contribution in [1.82, 2.24) is 9.97 Å². The Morgan fingerprint density at radius 3 is 2.94 bits per heavy atom. The third kappa shape index (κ3) is 2.58. The molecule has 0 atom stereocenters. The van der Waals surface area contributed by atoms with Gasteiger partial charge in [0.25, 0.3) is 0 Å². The molecule has 84 valence electrons. The summed E-state index contributed by atoms with van der Waals surface area (Å²) in [5.41, 5.74) is 2.04. The topological polar surface area (TPSA) is 41.8 Å². The molecule has 0 radical (unpaired) electrons. The van der Waals surface area contributed by atoms with Crippen molar-refractivity contribution in [2.75, 3.05) is 0 Å². The Kier molecular flexibility index (Phi) is 3.19. The summed E-state index contributed by atoms with van der Waals surface area (Å²) < 4.78 is 5.65. The standard InChI is InChI=1S/C12H14N2OS/c1-8(2)5-10-6-11(16)14-12(13-10)9-3-4-15-7-9/h3-4,6-8H,5H2,1-2H3,(H,13,14,16). The number of aromatic nitrogens is 2. The predicted octanol–water partition coefficient (Wildman–Crippen LogP) is 3.60. The van der Waals surface area contributed by atoms with Gasteiger partial charge in [0.1, 0.15) is 16.7 Å². The maximum absolute atomic E-state index is 5.15. The molecule has 0 fully saturated rings. The summed E-state index contributed by atoms with van der Waals surface area (Å²) in [7, 11) is 0. The van der Waals surface area contributed by atoms with E-state index in [1.165, 1.54) is 0 Å². The number of furan rings is 1. The van der Waals surface area contributed by atoms with Crippen LogP contribution in [0.25, 0.3) is 11.4 Å². The fourth-order valence-corrected chi connectivity index (χ4v) is 1.83. The third-order valence-electron chi connectivity index (χ3n) is 2.22. The molecule has 3 nitrogen and oxygen atoms in total. The van der Waals surface area contributed by atoms with Gasteiger partial charge < -0.3 is 9.40 Å². The Balaban J connectivity index is 2.40. The molecule has 0 aliphatic heterocycles. The van der Waals surface area contributed by atoms with E-state index in [2.05, 4.69) is 23.8 Å². The summed E-state index contributed by atoms with van der Waals surface area (Å²) >= 11 is 5.15. The molecule has 4 heteroatoms. The van der Waals surface area contributed by atoms with Gasteiger partial charge in [0.2, 0.25) is 0 Å². The molecule has 1 N–H and O–H groups in total. The first kappa shape index (κ1) is 11.1. The van der Waals surface area contributed by atoms with Crippen LogP contribution in [-0.4, -0.2) is 9.97 Å². The van der Waals surface area contributed by atoms with E-state index in [0.29, 0.717) is 10.6 Å². The Bertz CT molecular complexity index is 514. The van der Waals surface area contributed by atoms with E-state index >= 15 is 0 Å². The molecular formula is C12H14N2OS. The quantitative estimate of drug-likeness (QED) is 0.825. The van der Waals surface area contributed by atoms with Crippen molar-refractivity contribution < 1.29 is 4.42 Å². The van der Waals surface area contributed by atoms with E-state index in [1.54, 1.807) is 12.5 Å². The largest absolute Gasteiger partial charge is 0.472 e. The van der Waals surface area contributed by atoms with Crippen molar-refractivity contribution in [3.05, 3.63) is 35.0 Å². The number of hydrogen-bond donors (Lipinski definition) is 1. The van der Waals surface area contributed by atoms with E-state index in [9.17, 15) is 0 Å². The minimum absolute atomic E-state index is 0.588. The van der Waals surface area contributed by atoms with Gasteiger partial charge in [-0.3, -0.25) is 0 Å². The van der Waals surface area contributed by atoms with Crippen LogP contribution in [0, 0.1) is 10.6 Å². The Labute approximate surface area is 99.5 Å². The van der Waals surface area contributed by atoms with Crippen LogP contribution in [0.1, 0.15) is 19.5 Å². The zero-order valence-corrected chi connectivity index (χ0v) is 10.2. The van der Waals surface area contributed by atoms with E-state index < -0.39 is 0 Å². The van der Waals surface area contributed by atoms with Gasteiger partial charge in [0.05, 0.1) is 11.8 Å². The first-order valence-corrected chi connectivity index (χ1v) is 5.69. The molecule has 0 spiro atoms. The SMILES string of the molecule is CC(C)Cc1cc(=S)nc(-c2ccoc2)[nH]1. The summed E-state index contributed by atoms with van der Waals surface area (Å²) in [6.07, 6.45) is 4.26. The summed E-state index contributed by atoms with van der Waals surface area (Å²) in [6, 6.07) is 3.78. The normalized spacial score (nSPS) is 10.9. The highest BCUT2D eigenvalue weighted by Gasteiger charge is 2.04. The summed E-state index contributed by atoms with van der Waals surface area (Å²) in [5.74, 6) is 1.36. The zero-order valence-electron chi connectivity index (χ0n) is 9.36. The van der Waals surface area contributed by atoms with E-state index in [1.807, 2.05) is 12.1 Å². The maximum atomic E-state index is 5.15. The van der Waals surface area contributed by atoms with Crippen molar-refractivity contribution in [3.8, 4) is 11.4 Å².